The highest BCUT2D eigenvalue weighted by molar-refractivity contribution is 5.86. The van der Waals surface area contributed by atoms with Crippen molar-refractivity contribution in [1.29, 1.82) is 0 Å². The van der Waals surface area contributed by atoms with Gasteiger partial charge in [-0.3, -0.25) is 4.79 Å². The van der Waals surface area contributed by atoms with E-state index in [4.69, 9.17) is 5.11 Å². The normalized spacial score (nSPS) is 10.6. The third-order valence-electron chi connectivity index (χ3n) is 1.85. The van der Waals surface area contributed by atoms with Gasteiger partial charge < -0.3 is 10.1 Å². The van der Waals surface area contributed by atoms with E-state index >= 15 is 0 Å². The number of nitrogens with zero attached hydrogens (tertiary/aromatic N) is 2. The van der Waals surface area contributed by atoms with Gasteiger partial charge in [0, 0.05) is 11.8 Å². The lowest BCUT2D eigenvalue weighted by Crippen LogP contribution is -2.17. The van der Waals surface area contributed by atoms with Crippen LogP contribution in [0.3, 0.4) is 0 Å². The lowest BCUT2D eigenvalue weighted by molar-refractivity contribution is 0.0689. The smallest absolute Gasteiger partial charge is 0.354 e. The molecule has 0 spiro atoms. The van der Waals surface area contributed by atoms with Crippen molar-refractivity contribution in [2.45, 2.75) is 6.92 Å². The predicted octanol–water partition coefficient (Wildman–Crippen LogP) is 0.0292. The molecule has 6 nitrogen and oxygen atoms in total. The van der Waals surface area contributed by atoms with Crippen molar-refractivity contribution in [3.05, 3.63) is 34.0 Å². The number of H-pyrrole nitrogens is 1. The van der Waals surface area contributed by atoms with Gasteiger partial charge >= 0.3 is 5.97 Å². The molecule has 0 unspecified atom stereocenters. The van der Waals surface area contributed by atoms with Gasteiger partial charge in [-0.1, -0.05) is 0 Å². The molecule has 0 aliphatic carbocycles. The predicted molar refractivity (Wildman–Crippen MR) is 47.5 cm³/mol. The van der Waals surface area contributed by atoms with E-state index in [0.717, 1.165) is 10.6 Å². The minimum atomic E-state index is -1.17. The maximum atomic E-state index is 11.4. The molecule has 72 valence electrons. The summed E-state index contributed by atoms with van der Waals surface area (Å²) < 4.78 is 1.02. The number of hydrogen-bond acceptors (Lipinski definition) is 3. The summed E-state index contributed by atoms with van der Waals surface area (Å²) in [6.45, 7) is 1.70. The van der Waals surface area contributed by atoms with Gasteiger partial charge in [-0.05, 0) is 6.92 Å². The topological polar surface area (TPSA) is 87.5 Å². The first-order valence-electron chi connectivity index (χ1n) is 3.90. The van der Waals surface area contributed by atoms with Gasteiger partial charge in [-0.25, -0.2) is 14.2 Å². The van der Waals surface area contributed by atoms with Crippen LogP contribution in [0, 0.1) is 6.92 Å². The number of rotatable bonds is 1. The fraction of sp³-hybridized carbons (Fsp3) is 0.125. The molecule has 2 aromatic heterocycles. The summed E-state index contributed by atoms with van der Waals surface area (Å²) in [5.41, 5.74) is 0.109. The minimum Gasteiger partial charge on any atom is -0.477 e. The Morgan fingerprint density at radius 2 is 2.36 bits per heavy atom. The second-order valence-electron chi connectivity index (χ2n) is 2.90. The van der Waals surface area contributed by atoms with E-state index in [-0.39, 0.29) is 11.5 Å². The van der Waals surface area contributed by atoms with Crippen molar-refractivity contribution in [2.75, 3.05) is 0 Å². The highest BCUT2D eigenvalue weighted by atomic mass is 16.4. The zero-order valence-electron chi connectivity index (χ0n) is 7.31. The summed E-state index contributed by atoms with van der Waals surface area (Å²) >= 11 is 0. The fourth-order valence-electron chi connectivity index (χ4n) is 1.28. The second kappa shape index (κ2) is 2.69. The average molecular weight is 193 g/mol. The summed E-state index contributed by atoms with van der Waals surface area (Å²) in [6, 6.07) is 1.32. The van der Waals surface area contributed by atoms with Crippen LogP contribution in [0.1, 0.15) is 16.2 Å². The number of nitrogens with one attached hydrogen (secondary N) is 1. The van der Waals surface area contributed by atoms with Crippen LogP contribution in [0.15, 0.2) is 17.1 Å². The van der Waals surface area contributed by atoms with E-state index < -0.39 is 11.5 Å². The van der Waals surface area contributed by atoms with Crippen LogP contribution < -0.4 is 5.56 Å². The number of fused-ring (bicyclic) bond motifs is 1. The summed E-state index contributed by atoms with van der Waals surface area (Å²) in [6.07, 6.45) is 1.15. The lowest BCUT2D eigenvalue weighted by Gasteiger charge is -1.96. The Balaban J connectivity index is 2.93. The maximum absolute atomic E-state index is 11.4. The van der Waals surface area contributed by atoms with Crippen LogP contribution in [0.25, 0.3) is 5.78 Å². The molecule has 6 heteroatoms. The Kier molecular flexibility index (Phi) is 1.63. The van der Waals surface area contributed by atoms with Crippen LogP contribution in [0.2, 0.25) is 0 Å². The number of carboxylic acid groups (broad SMARTS) is 1. The van der Waals surface area contributed by atoms with Gasteiger partial charge in [-0.15, -0.1) is 0 Å². The van der Waals surface area contributed by atoms with Crippen LogP contribution >= 0.6 is 0 Å². The van der Waals surface area contributed by atoms with Crippen molar-refractivity contribution < 1.29 is 9.90 Å². The number of aromatic nitrogens is 3. The van der Waals surface area contributed by atoms with Crippen LogP contribution in [-0.4, -0.2) is 25.4 Å². The summed E-state index contributed by atoms with van der Waals surface area (Å²) in [5.74, 6) is -0.931. The molecule has 0 amide bonds. The summed E-state index contributed by atoms with van der Waals surface area (Å²) in [7, 11) is 0. The van der Waals surface area contributed by atoms with Crippen molar-refractivity contribution in [1.82, 2.24) is 14.4 Å². The Labute approximate surface area is 77.8 Å². The van der Waals surface area contributed by atoms with Gasteiger partial charge in [-0.2, -0.15) is 0 Å². The van der Waals surface area contributed by atoms with E-state index in [1.807, 2.05) is 0 Å². The lowest BCUT2D eigenvalue weighted by atomic mass is 10.4. The Morgan fingerprint density at radius 3 is 3.00 bits per heavy atom. The molecule has 0 aliphatic heterocycles. The molecule has 0 fully saturated rings. The third-order valence-corrected chi connectivity index (χ3v) is 1.85. The molecule has 0 saturated heterocycles. The Hall–Kier alpha value is -2.11. The molecule has 0 atom stereocenters. The summed E-state index contributed by atoms with van der Waals surface area (Å²) in [5, 5.41) is 8.75. The quantitative estimate of drug-likeness (QED) is 0.668. The Bertz CT molecular complexity index is 567. The number of carboxylic acids is 1. The highest BCUT2D eigenvalue weighted by Crippen LogP contribution is 2.01. The zero-order valence-corrected chi connectivity index (χ0v) is 7.31. The number of carbonyl (C=O) groups is 1. The first-order chi connectivity index (χ1) is 6.59. The van der Waals surface area contributed by atoms with Gasteiger partial charge in [0.25, 0.3) is 5.56 Å². The third kappa shape index (κ3) is 1.08. The standard InChI is InChI=1S/C8H7N3O3/c1-4-2-6(12)11-5(7(13)14)3-9-8(11)10-4/h2-3H,1H3,(H,9,10)(H,13,14). The highest BCUT2D eigenvalue weighted by Gasteiger charge is 2.12. The first kappa shape index (κ1) is 8.49. The van der Waals surface area contributed by atoms with E-state index in [1.165, 1.54) is 6.07 Å². The van der Waals surface area contributed by atoms with Gasteiger partial charge in [0.05, 0.1) is 6.20 Å². The number of aromatic amines is 1. The largest absolute Gasteiger partial charge is 0.477 e. The van der Waals surface area contributed by atoms with Crippen molar-refractivity contribution in [3.8, 4) is 0 Å². The maximum Gasteiger partial charge on any atom is 0.354 e. The molecule has 0 saturated carbocycles. The molecule has 2 aromatic rings. The molecule has 0 bridgehead atoms. The van der Waals surface area contributed by atoms with Gasteiger partial charge in [0.2, 0.25) is 5.78 Å². The van der Waals surface area contributed by atoms with E-state index in [1.54, 1.807) is 6.92 Å². The van der Waals surface area contributed by atoms with Crippen LogP contribution in [-0.2, 0) is 0 Å². The van der Waals surface area contributed by atoms with Gasteiger partial charge in [0.15, 0.2) is 5.69 Å². The fourth-order valence-corrected chi connectivity index (χ4v) is 1.28. The molecule has 14 heavy (non-hydrogen) atoms. The summed E-state index contributed by atoms with van der Waals surface area (Å²) in [4.78, 5) is 28.7. The molecular formula is C8H7N3O3. The molecule has 0 aliphatic rings. The zero-order chi connectivity index (χ0) is 10.3. The molecular weight excluding hydrogens is 186 g/mol. The minimum absolute atomic E-state index is 0.138. The monoisotopic (exact) mass is 193 g/mol. The van der Waals surface area contributed by atoms with Crippen molar-refractivity contribution >= 4 is 11.7 Å². The number of hydrogen-bond donors (Lipinski definition) is 2. The number of aromatic carboxylic acids is 1. The average Bonchev–Trinajstić information content (AvgIpc) is 2.47. The second-order valence-corrected chi connectivity index (χ2v) is 2.90. The van der Waals surface area contributed by atoms with Crippen LogP contribution in [0.4, 0.5) is 0 Å². The molecule has 2 heterocycles. The van der Waals surface area contributed by atoms with Crippen molar-refractivity contribution in [2.24, 2.45) is 0 Å². The SMILES string of the molecule is Cc1cc(=O)n2c(C(=O)O)cnc2[nH]1. The van der Waals surface area contributed by atoms with Crippen LogP contribution in [0.5, 0.6) is 0 Å². The molecule has 2 N–H and O–H groups in total. The molecule has 2 rings (SSSR count). The number of aryl methyl sites for hydroxylation is 1. The van der Waals surface area contributed by atoms with Gasteiger partial charge in [0.1, 0.15) is 0 Å². The van der Waals surface area contributed by atoms with E-state index in [0.29, 0.717) is 5.69 Å². The van der Waals surface area contributed by atoms with E-state index in [2.05, 4.69) is 9.97 Å². The first-order valence-corrected chi connectivity index (χ1v) is 3.90. The molecule has 0 aromatic carbocycles. The Morgan fingerprint density at radius 1 is 1.64 bits per heavy atom. The molecule has 0 radical (unpaired) electrons. The van der Waals surface area contributed by atoms with E-state index in [9.17, 15) is 9.59 Å². The number of imidazole rings is 1. The van der Waals surface area contributed by atoms with Crippen molar-refractivity contribution in [3.63, 3.8) is 0 Å².